The lowest BCUT2D eigenvalue weighted by Crippen LogP contribution is -2.11. The first-order chi connectivity index (χ1) is 5.25. The third-order valence-electron chi connectivity index (χ3n) is 1.22. The monoisotopic (exact) mass is 154 g/mol. The van der Waals surface area contributed by atoms with Crippen LogP contribution in [0.3, 0.4) is 0 Å². The van der Waals surface area contributed by atoms with Gasteiger partial charge in [-0.05, 0) is 0 Å². The van der Waals surface area contributed by atoms with E-state index in [2.05, 4.69) is 21.3 Å². The number of terminal acetylenes is 1. The van der Waals surface area contributed by atoms with Crippen LogP contribution in [0.5, 0.6) is 0 Å². The Kier molecular flexibility index (Phi) is 2.18. The number of hydrogen-bond donors (Lipinski definition) is 2. The average Bonchev–Trinajstić information content (AvgIpc) is 2.36. The van der Waals surface area contributed by atoms with Gasteiger partial charge in [0.05, 0.1) is 6.04 Å². The molecule has 0 aliphatic carbocycles. The number of aromatic nitrogens is 3. The van der Waals surface area contributed by atoms with Gasteiger partial charge in [0.15, 0.2) is 0 Å². The number of nitrogens with two attached hydrogens (primary N) is 1. The van der Waals surface area contributed by atoms with Crippen LogP contribution < -0.4 is 5.73 Å². The summed E-state index contributed by atoms with van der Waals surface area (Å²) >= 11 is 0. The molecule has 3 N–H and O–H groups in total. The highest BCUT2D eigenvalue weighted by molar-refractivity contribution is 5.05. The molecular weight excluding hydrogens is 147 g/mol. The van der Waals surface area contributed by atoms with Crippen molar-refractivity contribution in [2.45, 2.75) is 12.5 Å². The highest BCUT2D eigenvalue weighted by Gasteiger charge is 2.13. The van der Waals surface area contributed by atoms with Gasteiger partial charge in [0.2, 0.25) is 0 Å². The number of aromatic amines is 1. The van der Waals surface area contributed by atoms with Gasteiger partial charge in [-0.2, -0.15) is 14.7 Å². The van der Waals surface area contributed by atoms with Gasteiger partial charge < -0.3 is 5.73 Å². The second-order valence-corrected chi connectivity index (χ2v) is 2.01. The van der Waals surface area contributed by atoms with Crippen LogP contribution in [0.4, 0.5) is 4.39 Å². The van der Waals surface area contributed by atoms with E-state index in [1.54, 1.807) is 0 Å². The highest BCUT2D eigenvalue weighted by Crippen LogP contribution is 2.11. The maximum atomic E-state index is 12.6. The molecule has 0 unspecified atom stereocenters. The van der Waals surface area contributed by atoms with Gasteiger partial charge in [-0.15, -0.1) is 17.4 Å². The van der Waals surface area contributed by atoms with Gasteiger partial charge >= 0.3 is 0 Å². The number of nitrogens with one attached hydrogen (secondary N) is 1. The molecule has 1 atom stereocenters. The Labute approximate surface area is 63.0 Å². The summed E-state index contributed by atoms with van der Waals surface area (Å²) < 4.78 is 12.6. The van der Waals surface area contributed by atoms with Crippen molar-refractivity contribution in [3.05, 3.63) is 11.6 Å². The summed E-state index contributed by atoms with van der Waals surface area (Å²) in [5.74, 6) is 1.62. The van der Waals surface area contributed by atoms with Gasteiger partial charge in [0, 0.05) is 6.42 Å². The molecule has 0 aromatic carbocycles. The number of hydrogen-bond acceptors (Lipinski definition) is 3. The maximum absolute atomic E-state index is 12.6. The van der Waals surface area contributed by atoms with Crippen molar-refractivity contribution in [2.75, 3.05) is 0 Å². The van der Waals surface area contributed by atoms with E-state index < -0.39 is 12.0 Å². The smallest absolute Gasteiger partial charge is 0.257 e. The van der Waals surface area contributed by atoms with Crippen molar-refractivity contribution in [3.63, 3.8) is 0 Å². The van der Waals surface area contributed by atoms with Crippen molar-refractivity contribution in [3.8, 4) is 12.3 Å². The molecule has 1 heterocycles. The van der Waals surface area contributed by atoms with E-state index >= 15 is 0 Å². The summed E-state index contributed by atoms with van der Waals surface area (Å²) in [5.41, 5.74) is 5.53. The number of rotatable bonds is 2. The molecule has 1 aromatic rings. The first-order valence-electron chi connectivity index (χ1n) is 3.01. The van der Waals surface area contributed by atoms with Gasteiger partial charge in [-0.25, -0.2) is 0 Å². The van der Waals surface area contributed by atoms with E-state index in [0.717, 1.165) is 0 Å². The molecule has 0 aliphatic heterocycles. The summed E-state index contributed by atoms with van der Waals surface area (Å²) in [5, 5.41) is 8.78. The van der Waals surface area contributed by atoms with Crippen molar-refractivity contribution in [2.24, 2.45) is 5.73 Å². The molecule has 4 nitrogen and oxygen atoms in total. The van der Waals surface area contributed by atoms with Crippen LogP contribution in [0.1, 0.15) is 18.2 Å². The van der Waals surface area contributed by atoms with Crippen LogP contribution >= 0.6 is 0 Å². The average molecular weight is 154 g/mol. The molecule has 0 radical (unpaired) electrons. The Morgan fingerprint density at radius 1 is 1.73 bits per heavy atom. The van der Waals surface area contributed by atoms with E-state index in [9.17, 15) is 4.39 Å². The SMILES string of the molecule is C#CC[C@@H](N)c1n[nH]nc1F. The fourth-order valence-electron chi connectivity index (χ4n) is 0.686. The van der Waals surface area contributed by atoms with Crippen LogP contribution in [0, 0.1) is 18.3 Å². The Balaban J connectivity index is 2.77. The zero-order chi connectivity index (χ0) is 8.27. The van der Waals surface area contributed by atoms with E-state index in [1.807, 2.05) is 0 Å². The summed E-state index contributed by atoms with van der Waals surface area (Å²) in [4.78, 5) is 0. The molecule has 11 heavy (non-hydrogen) atoms. The minimum Gasteiger partial charge on any atom is -0.322 e. The summed E-state index contributed by atoms with van der Waals surface area (Å²) in [7, 11) is 0. The van der Waals surface area contributed by atoms with Crippen molar-refractivity contribution >= 4 is 0 Å². The largest absolute Gasteiger partial charge is 0.322 e. The molecule has 0 spiro atoms. The van der Waals surface area contributed by atoms with E-state index in [0.29, 0.717) is 0 Å². The predicted octanol–water partition coefficient (Wildman–Crippen LogP) is -0.0331. The molecule has 0 aliphatic rings. The Morgan fingerprint density at radius 2 is 2.45 bits per heavy atom. The molecular formula is C6H7FN4. The maximum Gasteiger partial charge on any atom is 0.257 e. The molecule has 0 saturated carbocycles. The third kappa shape index (κ3) is 1.53. The van der Waals surface area contributed by atoms with Crippen molar-refractivity contribution in [1.82, 2.24) is 15.4 Å². The Morgan fingerprint density at radius 3 is 2.91 bits per heavy atom. The minimum absolute atomic E-state index is 0.0861. The molecule has 0 fully saturated rings. The molecule has 58 valence electrons. The second kappa shape index (κ2) is 3.12. The molecule has 0 bridgehead atoms. The Hall–Kier alpha value is -1.41. The van der Waals surface area contributed by atoms with Crippen LogP contribution in [-0.2, 0) is 0 Å². The summed E-state index contributed by atoms with van der Waals surface area (Å²) in [6, 6.07) is -0.571. The standard InChI is InChI=1S/C6H7FN4/c1-2-3-4(8)5-6(7)10-11-9-5/h1,4H,3,8H2,(H,9,10,11)/t4-/m1/s1. The fraction of sp³-hybridized carbons (Fsp3) is 0.333. The molecule has 1 rings (SSSR count). The third-order valence-corrected chi connectivity index (χ3v) is 1.22. The topological polar surface area (TPSA) is 67.6 Å². The lowest BCUT2D eigenvalue weighted by atomic mass is 10.2. The minimum atomic E-state index is -0.687. The lowest BCUT2D eigenvalue weighted by molar-refractivity contribution is 0.548. The van der Waals surface area contributed by atoms with Gasteiger partial charge in [-0.3, -0.25) is 0 Å². The second-order valence-electron chi connectivity index (χ2n) is 2.01. The summed E-state index contributed by atoms with van der Waals surface area (Å²) in [6.07, 6.45) is 5.23. The molecule has 0 saturated heterocycles. The van der Waals surface area contributed by atoms with E-state index in [-0.39, 0.29) is 12.1 Å². The van der Waals surface area contributed by atoms with E-state index in [1.165, 1.54) is 0 Å². The molecule has 1 aromatic heterocycles. The lowest BCUT2D eigenvalue weighted by Gasteiger charge is -2.00. The first-order valence-corrected chi connectivity index (χ1v) is 3.01. The Bertz CT molecular complexity index is 274. The number of nitrogens with zero attached hydrogens (tertiary/aromatic N) is 2. The number of H-pyrrole nitrogens is 1. The van der Waals surface area contributed by atoms with Crippen molar-refractivity contribution < 1.29 is 4.39 Å². The van der Waals surface area contributed by atoms with Crippen LogP contribution in [0.2, 0.25) is 0 Å². The van der Waals surface area contributed by atoms with Gasteiger partial charge in [0.1, 0.15) is 5.69 Å². The normalized spacial score (nSPS) is 12.5. The van der Waals surface area contributed by atoms with Crippen LogP contribution in [0.15, 0.2) is 0 Å². The number of halogens is 1. The van der Waals surface area contributed by atoms with Crippen LogP contribution in [-0.4, -0.2) is 15.4 Å². The van der Waals surface area contributed by atoms with Gasteiger partial charge in [-0.1, -0.05) is 0 Å². The van der Waals surface area contributed by atoms with E-state index in [4.69, 9.17) is 12.2 Å². The zero-order valence-corrected chi connectivity index (χ0v) is 5.71. The zero-order valence-electron chi connectivity index (χ0n) is 5.71. The molecule has 0 amide bonds. The fourth-order valence-corrected chi connectivity index (χ4v) is 0.686. The predicted molar refractivity (Wildman–Crippen MR) is 36.7 cm³/mol. The first kappa shape index (κ1) is 7.69. The summed E-state index contributed by atoms with van der Waals surface area (Å²) in [6.45, 7) is 0. The van der Waals surface area contributed by atoms with Crippen molar-refractivity contribution in [1.29, 1.82) is 0 Å². The van der Waals surface area contributed by atoms with Crippen LogP contribution in [0.25, 0.3) is 0 Å². The molecule has 5 heteroatoms. The van der Waals surface area contributed by atoms with Gasteiger partial charge in [0.25, 0.3) is 5.95 Å². The quantitative estimate of drug-likeness (QED) is 0.587. The highest BCUT2D eigenvalue weighted by atomic mass is 19.1.